The predicted molar refractivity (Wildman–Crippen MR) is 73.8 cm³/mol. The fourth-order valence-corrected chi connectivity index (χ4v) is 3.20. The number of benzene rings is 1. The number of sulfonamides is 1. The number of carbonyl (C=O) groups excluding carboxylic acids is 1. The molecular weight excluding hydrogens is 282 g/mol. The van der Waals surface area contributed by atoms with Gasteiger partial charge >= 0.3 is 5.97 Å². The molecule has 0 radical (unpaired) electrons. The van der Waals surface area contributed by atoms with Crippen molar-refractivity contribution < 1.29 is 23.1 Å². The van der Waals surface area contributed by atoms with Crippen LogP contribution in [0.25, 0.3) is 0 Å². The molecule has 112 valence electrons. The average molecular weight is 301 g/mol. The zero-order chi connectivity index (χ0) is 15.3. The van der Waals surface area contributed by atoms with Gasteiger partial charge < -0.3 is 9.84 Å². The van der Waals surface area contributed by atoms with Gasteiger partial charge in [-0.2, -0.15) is 0 Å². The summed E-state index contributed by atoms with van der Waals surface area (Å²) in [5, 5.41) is 9.21. The number of hydrogen-bond acceptors (Lipinski definition) is 5. The van der Waals surface area contributed by atoms with E-state index in [0.29, 0.717) is 0 Å². The molecule has 7 heteroatoms. The lowest BCUT2D eigenvalue weighted by Crippen LogP contribution is -2.41. The van der Waals surface area contributed by atoms with Gasteiger partial charge in [0.05, 0.1) is 24.2 Å². The predicted octanol–water partition coefficient (Wildman–Crippen LogP) is 0.768. The summed E-state index contributed by atoms with van der Waals surface area (Å²) in [6, 6.07) is 5.15. The Labute approximate surface area is 118 Å². The molecule has 0 bridgehead atoms. The van der Waals surface area contributed by atoms with Crippen LogP contribution in [-0.4, -0.2) is 39.3 Å². The van der Waals surface area contributed by atoms with Crippen molar-refractivity contribution in [2.75, 3.05) is 13.7 Å². The highest BCUT2D eigenvalue weighted by Gasteiger charge is 2.26. The van der Waals surface area contributed by atoms with Crippen molar-refractivity contribution in [3.63, 3.8) is 0 Å². The first-order valence-electron chi connectivity index (χ1n) is 6.14. The second kappa shape index (κ2) is 6.83. The van der Waals surface area contributed by atoms with Gasteiger partial charge in [-0.1, -0.05) is 26.0 Å². The largest absolute Gasteiger partial charge is 0.465 e. The van der Waals surface area contributed by atoms with Crippen LogP contribution in [0.1, 0.15) is 24.2 Å². The number of aliphatic hydroxyl groups excluding tert-OH is 1. The van der Waals surface area contributed by atoms with Gasteiger partial charge in [0.1, 0.15) is 0 Å². The number of methoxy groups -OCH3 is 1. The van der Waals surface area contributed by atoms with E-state index in [9.17, 15) is 18.3 Å². The molecule has 0 aliphatic carbocycles. The Bertz CT molecular complexity index is 568. The third kappa shape index (κ3) is 3.78. The van der Waals surface area contributed by atoms with Crippen LogP contribution in [0, 0.1) is 5.92 Å². The molecule has 0 amide bonds. The molecule has 1 aromatic carbocycles. The SMILES string of the molecule is COC(=O)c1ccccc1S(=O)(=O)N[C@H](CO)C(C)C. The van der Waals surface area contributed by atoms with Gasteiger partial charge in [-0.3, -0.25) is 0 Å². The second-order valence-corrected chi connectivity index (χ2v) is 6.32. The summed E-state index contributed by atoms with van der Waals surface area (Å²) in [4.78, 5) is 11.4. The molecule has 0 spiro atoms. The van der Waals surface area contributed by atoms with Crippen molar-refractivity contribution in [2.45, 2.75) is 24.8 Å². The summed E-state index contributed by atoms with van der Waals surface area (Å²) in [7, 11) is -2.73. The van der Waals surface area contributed by atoms with Crippen molar-refractivity contribution in [3.05, 3.63) is 29.8 Å². The zero-order valence-corrected chi connectivity index (χ0v) is 12.5. The summed E-state index contributed by atoms with van der Waals surface area (Å²) in [6.07, 6.45) is 0. The third-order valence-electron chi connectivity index (χ3n) is 2.89. The van der Waals surface area contributed by atoms with Gasteiger partial charge in [-0.15, -0.1) is 0 Å². The van der Waals surface area contributed by atoms with Gasteiger partial charge in [0.25, 0.3) is 0 Å². The summed E-state index contributed by atoms with van der Waals surface area (Å²) in [6.45, 7) is 3.25. The first-order valence-corrected chi connectivity index (χ1v) is 7.62. The molecule has 0 aromatic heterocycles. The molecule has 0 heterocycles. The minimum Gasteiger partial charge on any atom is -0.465 e. The first kappa shape index (κ1) is 16.6. The maximum atomic E-state index is 12.3. The number of hydrogen-bond donors (Lipinski definition) is 2. The normalized spacial score (nSPS) is 13.2. The fraction of sp³-hybridized carbons (Fsp3) is 0.462. The average Bonchev–Trinajstić information content (AvgIpc) is 2.43. The molecule has 1 atom stereocenters. The number of nitrogens with one attached hydrogen (secondary N) is 1. The quantitative estimate of drug-likeness (QED) is 0.757. The molecule has 0 fully saturated rings. The highest BCUT2D eigenvalue weighted by Crippen LogP contribution is 2.17. The topological polar surface area (TPSA) is 92.7 Å². The number of esters is 1. The van der Waals surface area contributed by atoms with E-state index < -0.39 is 22.0 Å². The van der Waals surface area contributed by atoms with Gasteiger partial charge in [0.15, 0.2) is 0 Å². The van der Waals surface area contributed by atoms with E-state index in [2.05, 4.69) is 9.46 Å². The standard InChI is InChI=1S/C13H19NO5S/c1-9(2)11(8-15)14-20(17,18)12-7-5-4-6-10(12)13(16)19-3/h4-7,9,11,14-15H,8H2,1-3H3/t11-/m1/s1. The van der Waals surface area contributed by atoms with Crippen LogP contribution >= 0.6 is 0 Å². The third-order valence-corrected chi connectivity index (χ3v) is 4.44. The van der Waals surface area contributed by atoms with E-state index in [4.69, 9.17) is 0 Å². The van der Waals surface area contributed by atoms with E-state index in [-0.39, 0.29) is 23.0 Å². The first-order chi connectivity index (χ1) is 9.33. The van der Waals surface area contributed by atoms with Gasteiger partial charge in [0, 0.05) is 6.04 Å². The lowest BCUT2D eigenvalue weighted by molar-refractivity contribution is 0.0596. The van der Waals surface area contributed by atoms with E-state index in [1.54, 1.807) is 19.9 Å². The molecule has 1 rings (SSSR count). The number of carbonyl (C=O) groups is 1. The molecule has 0 aliphatic heterocycles. The summed E-state index contributed by atoms with van der Waals surface area (Å²) >= 11 is 0. The maximum absolute atomic E-state index is 12.3. The maximum Gasteiger partial charge on any atom is 0.339 e. The monoisotopic (exact) mass is 301 g/mol. The van der Waals surface area contributed by atoms with E-state index in [0.717, 1.165) is 0 Å². The Morgan fingerprint density at radius 2 is 1.95 bits per heavy atom. The van der Waals surface area contributed by atoms with Crippen LogP contribution in [0.15, 0.2) is 29.2 Å². The second-order valence-electron chi connectivity index (χ2n) is 4.64. The van der Waals surface area contributed by atoms with Crippen LogP contribution in [0.4, 0.5) is 0 Å². The number of aliphatic hydroxyl groups is 1. The Morgan fingerprint density at radius 3 is 2.45 bits per heavy atom. The molecule has 0 unspecified atom stereocenters. The molecule has 0 aliphatic rings. The van der Waals surface area contributed by atoms with Crippen molar-refractivity contribution >= 4 is 16.0 Å². The summed E-state index contributed by atoms with van der Waals surface area (Å²) in [5.74, 6) is -0.809. The van der Waals surface area contributed by atoms with Gasteiger partial charge in [-0.25, -0.2) is 17.9 Å². The van der Waals surface area contributed by atoms with Crippen molar-refractivity contribution in [3.8, 4) is 0 Å². The minimum atomic E-state index is -3.91. The van der Waals surface area contributed by atoms with Gasteiger partial charge in [0.2, 0.25) is 10.0 Å². The van der Waals surface area contributed by atoms with Crippen molar-refractivity contribution in [1.29, 1.82) is 0 Å². The summed E-state index contributed by atoms with van der Waals surface area (Å²) in [5.41, 5.74) is -0.0389. The molecular formula is C13H19NO5S. The highest BCUT2D eigenvalue weighted by molar-refractivity contribution is 7.89. The smallest absolute Gasteiger partial charge is 0.339 e. The number of rotatable bonds is 6. The molecule has 6 nitrogen and oxygen atoms in total. The van der Waals surface area contributed by atoms with E-state index in [1.807, 2.05) is 0 Å². The van der Waals surface area contributed by atoms with E-state index in [1.165, 1.54) is 25.3 Å². The molecule has 20 heavy (non-hydrogen) atoms. The Balaban J connectivity index is 3.19. The Kier molecular flexibility index (Phi) is 5.67. The van der Waals surface area contributed by atoms with Crippen LogP contribution in [0.3, 0.4) is 0 Å². The lowest BCUT2D eigenvalue weighted by atomic mass is 10.1. The zero-order valence-electron chi connectivity index (χ0n) is 11.7. The fourth-order valence-electron chi connectivity index (χ4n) is 1.63. The number of ether oxygens (including phenoxy) is 1. The van der Waals surface area contributed by atoms with Crippen molar-refractivity contribution in [1.82, 2.24) is 4.72 Å². The van der Waals surface area contributed by atoms with Gasteiger partial charge in [-0.05, 0) is 18.1 Å². The van der Waals surface area contributed by atoms with Crippen molar-refractivity contribution in [2.24, 2.45) is 5.92 Å². The summed E-state index contributed by atoms with van der Waals surface area (Å²) < 4.78 is 31.6. The molecule has 2 N–H and O–H groups in total. The lowest BCUT2D eigenvalue weighted by Gasteiger charge is -2.20. The van der Waals surface area contributed by atoms with Crippen LogP contribution < -0.4 is 4.72 Å². The van der Waals surface area contributed by atoms with E-state index >= 15 is 0 Å². The minimum absolute atomic E-state index is 0.0389. The highest BCUT2D eigenvalue weighted by atomic mass is 32.2. The van der Waals surface area contributed by atoms with Crippen LogP contribution in [-0.2, 0) is 14.8 Å². The molecule has 0 saturated carbocycles. The van der Waals surface area contributed by atoms with Crippen LogP contribution in [0.2, 0.25) is 0 Å². The Hall–Kier alpha value is -1.44. The molecule has 1 aromatic rings. The Morgan fingerprint density at radius 1 is 1.35 bits per heavy atom. The van der Waals surface area contributed by atoms with Crippen LogP contribution in [0.5, 0.6) is 0 Å². The molecule has 0 saturated heterocycles.